The first-order chi connectivity index (χ1) is 8.61. The molecular weight excluding hydrogens is 220 g/mol. The lowest BCUT2D eigenvalue weighted by molar-refractivity contribution is 0.491. The van der Waals surface area contributed by atoms with E-state index in [0.717, 1.165) is 6.54 Å². The summed E-state index contributed by atoms with van der Waals surface area (Å²) in [6, 6.07) is 8.80. The first kappa shape index (κ1) is 13.0. The second-order valence-corrected chi connectivity index (χ2v) is 5.48. The largest absolute Gasteiger partial charge is 0.372 e. The normalized spacial score (nSPS) is 15.7. The zero-order chi connectivity index (χ0) is 13.0. The molecule has 0 aliphatic carbocycles. The van der Waals surface area contributed by atoms with Crippen LogP contribution in [0.2, 0.25) is 0 Å². The molecular formula is C16H22N2. The minimum absolute atomic E-state index is 0.242. The fraction of sp³-hybridized carbons (Fsp3) is 0.500. The number of benzene rings is 1. The third-order valence-electron chi connectivity index (χ3n) is 3.50. The summed E-state index contributed by atoms with van der Waals surface area (Å²) in [5, 5.41) is 3.36. The van der Waals surface area contributed by atoms with Gasteiger partial charge in [0, 0.05) is 25.3 Å². The molecule has 18 heavy (non-hydrogen) atoms. The van der Waals surface area contributed by atoms with Gasteiger partial charge in [0.15, 0.2) is 0 Å². The summed E-state index contributed by atoms with van der Waals surface area (Å²) >= 11 is 0. The van der Waals surface area contributed by atoms with Crippen LogP contribution in [0, 0.1) is 12.3 Å². The fourth-order valence-electron chi connectivity index (χ4n) is 2.17. The van der Waals surface area contributed by atoms with Crippen LogP contribution in [0.3, 0.4) is 0 Å². The maximum atomic E-state index is 5.46. The molecule has 0 bridgehead atoms. The molecule has 0 atom stereocenters. The molecule has 96 valence electrons. The molecule has 1 aliphatic rings. The van der Waals surface area contributed by atoms with Crippen LogP contribution in [0.5, 0.6) is 0 Å². The fourth-order valence-corrected chi connectivity index (χ4v) is 2.17. The highest BCUT2D eigenvalue weighted by Gasteiger charge is 2.13. The SMILES string of the molecule is C#CC(C)(C)NCc1ccc(N2CCCC2)cc1. The molecule has 2 rings (SSSR count). The van der Waals surface area contributed by atoms with E-state index >= 15 is 0 Å². The lowest BCUT2D eigenvalue weighted by atomic mass is 10.1. The summed E-state index contributed by atoms with van der Waals surface area (Å²) in [6.07, 6.45) is 8.10. The highest BCUT2D eigenvalue weighted by Crippen LogP contribution is 2.20. The number of hydrogen-bond donors (Lipinski definition) is 1. The number of hydrogen-bond acceptors (Lipinski definition) is 2. The first-order valence-electron chi connectivity index (χ1n) is 6.67. The monoisotopic (exact) mass is 242 g/mol. The van der Waals surface area contributed by atoms with Crippen LogP contribution in [0.1, 0.15) is 32.3 Å². The highest BCUT2D eigenvalue weighted by atomic mass is 15.1. The van der Waals surface area contributed by atoms with Crippen molar-refractivity contribution in [2.45, 2.75) is 38.8 Å². The van der Waals surface area contributed by atoms with Crippen molar-refractivity contribution in [3.63, 3.8) is 0 Å². The molecule has 1 aromatic rings. The van der Waals surface area contributed by atoms with E-state index in [1.165, 1.54) is 37.2 Å². The van der Waals surface area contributed by atoms with Crippen LogP contribution in [0.25, 0.3) is 0 Å². The molecule has 2 heteroatoms. The lowest BCUT2D eigenvalue weighted by Crippen LogP contribution is -2.36. The standard InChI is InChI=1S/C16H22N2/c1-4-16(2,3)17-13-14-7-9-15(10-8-14)18-11-5-6-12-18/h1,7-10,17H,5-6,11-13H2,2-3H3. The van der Waals surface area contributed by atoms with E-state index < -0.39 is 0 Å². The Labute approximate surface area is 110 Å². The van der Waals surface area contributed by atoms with Crippen molar-refractivity contribution in [3.05, 3.63) is 29.8 Å². The predicted octanol–water partition coefficient (Wildman–Crippen LogP) is 2.79. The summed E-state index contributed by atoms with van der Waals surface area (Å²) in [7, 11) is 0. The lowest BCUT2D eigenvalue weighted by Gasteiger charge is -2.21. The molecule has 0 saturated carbocycles. The van der Waals surface area contributed by atoms with E-state index in [9.17, 15) is 0 Å². The van der Waals surface area contributed by atoms with Gasteiger partial charge in [-0.1, -0.05) is 18.1 Å². The summed E-state index contributed by atoms with van der Waals surface area (Å²) in [4.78, 5) is 2.45. The van der Waals surface area contributed by atoms with E-state index in [4.69, 9.17) is 6.42 Å². The number of rotatable bonds is 4. The topological polar surface area (TPSA) is 15.3 Å². The zero-order valence-electron chi connectivity index (χ0n) is 11.4. The third-order valence-corrected chi connectivity index (χ3v) is 3.50. The molecule has 1 N–H and O–H groups in total. The van der Waals surface area contributed by atoms with Crippen molar-refractivity contribution in [1.29, 1.82) is 0 Å². The Morgan fingerprint density at radius 2 is 1.83 bits per heavy atom. The van der Waals surface area contributed by atoms with E-state index in [0.29, 0.717) is 0 Å². The van der Waals surface area contributed by atoms with Gasteiger partial charge in [0.2, 0.25) is 0 Å². The molecule has 1 aliphatic heterocycles. The Hall–Kier alpha value is -1.46. The first-order valence-corrected chi connectivity index (χ1v) is 6.67. The summed E-state index contributed by atoms with van der Waals surface area (Å²) in [6.45, 7) is 7.25. The Kier molecular flexibility index (Phi) is 3.93. The van der Waals surface area contributed by atoms with Gasteiger partial charge in [-0.2, -0.15) is 0 Å². The van der Waals surface area contributed by atoms with Crippen molar-refractivity contribution in [3.8, 4) is 12.3 Å². The Morgan fingerprint density at radius 1 is 1.22 bits per heavy atom. The molecule has 0 unspecified atom stereocenters. The van der Waals surface area contributed by atoms with Gasteiger partial charge in [0.05, 0.1) is 5.54 Å². The molecule has 0 spiro atoms. The van der Waals surface area contributed by atoms with E-state index in [-0.39, 0.29) is 5.54 Å². The second-order valence-electron chi connectivity index (χ2n) is 5.48. The third kappa shape index (κ3) is 3.27. The van der Waals surface area contributed by atoms with Gasteiger partial charge in [0.25, 0.3) is 0 Å². The number of nitrogens with zero attached hydrogens (tertiary/aromatic N) is 1. The van der Waals surface area contributed by atoms with Crippen molar-refractivity contribution in [2.24, 2.45) is 0 Å². The molecule has 1 aromatic carbocycles. The van der Waals surface area contributed by atoms with Crippen molar-refractivity contribution in [2.75, 3.05) is 18.0 Å². The molecule has 1 fully saturated rings. The Morgan fingerprint density at radius 3 is 2.39 bits per heavy atom. The predicted molar refractivity (Wildman–Crippen MR) is 77.6 cm³/mol. The van der Waals surface area contributed by atoms with Crippen LogP contribution in [-0.2, 0) is 6.54 Å². The summed E-state index contributed by atoms with van der Waals surface area (Å²) in [5.41, 5.74) is 2.38. The molecule has 1 heterocycles. The molecule has 0 amide bonds. The molecule has 1 saturated heterocycles. The van der Waals surface area contributed by atoms with Gasteiger partial charge >= 0.3 is 0 Å². The molecule has 2 nitrogen and oxygen atoms in total. The minimum Gasteiger partial charge on any atom is -0.372 e. The van der Waals surface area contributed by atoms with Crippen molar-refractivity contribution in [1.82, 2.24) is 5.32 Å². The average Bonchev–Trinajstić information content (AvgIpc) is 2.91. The van der Waals surface area contributed by atoms with Gasteiger partial charge in [-0.15, -0.1) is 6.42 Å². The Balaban J connectivity index is 1.94. The van der Waals surface area contributed by atoms with Crippen LogP contribution >= 0.6 is 0 Å². The minimum atomic E-state index is -0.242. The summed E-state index contributed by atoms with van der Waals surface area (Å²) in [5.74, 6) is 2.75. The summed E-state index contributed by atoms with van der Waals surface area (Å²) < 4.78 is 0. The van der Waals surface area contributed by atoms with Crippen LogP contribution < -0.4 is 10.2 Å². The number of terminal acetylenes is 1. The van der Waals surface area contributed by atoms with Crippen LogP contribution in [0.4, 0.5) is 5.69 Å². The molecule has 0 aromatic heterocycles. The molecule has 0 radical (unpaired) electrons. The van der Waals surface area contributed by atoms with Crippen molar-refractivity contribution >= 4 is 5.69 Å². The Bertz CT molecular complexity index is 419. The van der Waals surface area contributed by atoms with Gasteiger partial charge in [0.1, 0.15) is 0 Å². The van der Waals surface area contributed by atoms with Gasteiger partial charge in [-0.05, 0) is 44.4 Å². The van der Waals surface area contributed by atoms with Gasteiger partial charge < -0.3 is 4.90 Å². The zero-order valence-corrected chi connectivity index (χ0v) is 11.4. The van der Waals surface area contributed by atoms with E-state index in [1.54, 1.807) is 0 Å². The second kappa shape index (κ2) is 5.46. The maximum Gasteiger partial charge on any atom is 0.0743 e. The van der Waals surface area contributed by atoms with Crippen molar-refractivity contribution < 1.29 is 0 Å². The van der Waals surface area contributed by atoms with Crippen LogP contribution in [-0.4, -0.2) is 18.6 Å². The average molecular weight is 242 g/mol. The van der Waals surface area contributed by atoms with E-state index in [1.807, 2.05) is 13.8 Å². The van der Waals surface area contributed by atoms with E-state index in [2.05, 4.69) is 40.4 Å². The number of nitrogens with one attached hydrogen (secondary N) is 1. The number of anilines is 1. The highest BCUT2D eigenvalue weighted by molar-refractivity contribution is 5.48. The smallest absolute Gasteiger partial charge is 0.0743 e. The van der Waals surface area contributed by atoms with Crippen LogP contribution in [0.15, 0.2) is 24.3 Å². The quantitative estimate of drug-likeness (QED) is 0.817. The van der Waals surface area contributed by atoms with Gasteiger partial charge in [-0.3, -0.25) is 5.32 Å². The van der Waals surface area contributed by atoms with Gasteiger partial charge in [-0.25, -0.2) is 0 Å². The maximum absolute atomic E-state index is 5.46.